The molecule has 1 aliphatic rings. The summed E-state index contributed by atoms with van der Waals surface area (Å²) in [7, 11) is 1.70. The Kier molecular flexibility index (Phi) is 4.16. The van der Waals surface area contributed by atoms with Crippen LogP contribution in [0.2, 0.25) is 0 Å². The highest BCUT2D eigenvalue weighted by atomic mass is 16.5. The lowest BCUT2D eigenvalue weighted by Crippen LogP contribution is -2.38. The van der Waals surface area contributed by atoms with Gasteiger partial charge in [-0.2, -0.15) is 5.10 Å². The van der Waals surface area contributed by atoms with Gasteiger partial charge in [0.05, 0.1) is 18.0 Å². The molecule has 104 valence electrons. The first-order valence-corrected chi connectivity index (χ1v) is 6.17. The van der Waals surface area contributed by atoms with Crippen molar-refractivity contribution < 1.29 is 14.6 Å². The molecule has 2 heterocycles. The van der Waals surface area contributed by atoms with Gasteiger partial charge in [0.2, 0.25) is 0 Å². The van der Waals surface area contributed by atoms with Crippen LogP contribution in [0.5, 0.6) is 0 Å². The van der Waals surface area contributed by atoms with Gasteiger partial charge < -0.3 is 14.7 Å². The predicted molar refractivity (Wildman–Crippen MR) is 68.4 cm³/mol. The molecular formula is C12H17N3O4. The first-order valence-electron chi connectivity index (χ1n) is 6.17. The van der Waals surface area contributed by atoms with Crippen molar-refractivity contribution in [1.29, 1.82) is 0 Å². The van der Waals surface area contributed by atoms with E-state index in [2.05, 4.69) is 10.00 Å². The Labute approximate surface area is 110 Å². The van der Waals surface area contributed by atoms with Crippen LogP contribution in [-0.2, 0) is 16.1 Å². The number of carbonyl (C=O) groups is 1. The number of ether oxygens (including phenoxy) is 1. The Hall–Kier alpha value is -1.89. The summed E-state index contributed by atoms with van der Waals surface area (Å²) in [5.74, 6) is -1.08. The zero-order valence-corrected chi connectivity index (χ0v) is 10.8. The number of carboxylic acids is 1. The predicted octanol–water partition coefficient (Wildman–Crippen LogP) is -0.0569. The number of carboxylic acid groups (broad SMARTS) is 1. The topological polar surface area (TPSA) is 84.7 Å². The molecule has 0 spiro atoms. The molecule has 7 nitrogen and oxygen atoms in total. The van der Waals surface area contributed by atoms with Gasteiger partial charge in [0.15, 0.2) is 0 Å². The number of rotatable bonds is 4. The minimum Gasteiger partial charge on any atom is -0.480 e. The fourth-order valence-corrected chi connectivity index (χ4v) is 2.19. The first-order chi connectivity index (χ1) is 9.10. The average Bonchev–Trinajstić information content (AvgIpc) is 2.41. The maximum absolute atomic E-state index is 11.7. The van der Waals surface area contributed by atoms with Crippen molar-refractivity contribution in [1.82, 2.24) is 9.78 Å². The lowest BCUT2D eigenvalue weighted by Gasteiger charge is -2.32. The lowest BCUT2D eigenvalue weighted by molar-refractivity contribution is -0.138. The smallest absolute Gasteiger partial charge is 0.325 e. The summed E-state index contributed by atoms with van der Waals surface area (Å²) in [6.07, 6.45) is 3.64. The molecule has 1 aromatic heterocycles. The first kappa shape index (κ1) is 13.5. The van der Waals surface area contributed by atoms with Gasteiger partial charge in [-0.3, -0.25) is 9.59 Å². The van der Waals surface area contributed by atoms with Gasteiger partial charge in [-0.1, -0.05) is 0 Å². The van der Waals surface area contributed by atoms with Crippen LogP contribution in [0.4, 0.5) is 5.69 Å². The molecule has 0 atom stereocenters. The molecule has 2 rings (SSSR count). The zero-order chi connectivity index (χ0) is 13.8. The summed E-state index contributed by atoms with van der Waals surface area (Å²) >= 11 is 0. The van der Waals surface area contributed by atoms with E-state index in [9.17, 15) is 9.59 Å². The molecule has 0 aliphatic carbocycles. The quantitative estimate of drug-likeness (QED) is 0.823. The maximum atomic E-state index is 11.7. The Balaban J connectivity index is 2.08. The fourth-order valence-electron chi connectivity index (χ4n) is 2.19. The monoisotopic (exact) mass is 267 g/mol. The summed E-state index contributed by atoms with van der Waals surface area (Å²) in [5.41, 5.74) is 0.343. The molecule has 1 fully saturated rings. The van der Waals surface area contributed by atoms with Crippen molar-refractivity contribution in [2.24, 2.45) is 0 Å². The molecule has 0 saturated carbocycles. The number of nitrogens with zero attached hydrogens (tertiary/aromatic N) is 3. The lowest BCUT2D eigenvalue weighted by atomic mass is 10.1. The fraction of sp³-hybridized carbons (Fsp3) is 0.583. The number of piperidine rings is 1. The van der Waals surface area contributed by atoms with Gasteiger partial charge in [-0.15, -0.1) is 0 Å². The second kappa shape index (κ2) is 5.83. The molecule has 0 amide bonds. The third-order valence-corrected chi connectivity index (χ3v) is 3.28. The van der Waals surface area contributed by atoms with Crippen molar-refractivity contribution in [3.8, 4) is 0 Å². The van der Waals surface area contributed by atoms with Gasteiger partial charge in [0.1, 0.15) is 6.54 Å². The summed E-state index contributed by atoms with van der Waals surface area (Å²) in [5, 5.41) is 12.5. The summed E-state index contributed by atoms with van der Waals surface area (Å²) in [4.78, 5) is 24.3. The van der Waals surface area contributed by atoms with Crippen LogP contribution < -0.4 is 10.5 Å². The number of aromatic nitrogens is 2. The van der Waals surface area contributed by atoms with Crippen LogP contribution in [0.15, 0.2) is 17.1 Å². The van der Waals surface area contributed by atoms with Crippen LogP contribution >= 0.6 is 0 Å². The van der Waals surface area contributed by atoms with Crippen LogP contribution in [0.3, 0.4) is 0 Å². The van der Waals surface area contributed by atoms with Crippen molar-refractivity contribution in [3.05, 3.63) is 22.6 Å². The van der Waals surface area contributed by atoms with E-state index in [-0.39, 0.29) is 6.10 Å². The number of hydrogen-bond donors (Lipinski definition) is 1. The molecule has 1 N–H and O–H groups in total. The minimum atomic E-state index is -1.08. The van der Waals surface area contributed by atoms with Crippen molar-refractivity contribution in [2.45, 2.75) is 25.5 Å². The zero-order valence-electron chi connectivity index (χ0n) is 10.8. The summed E-state index contributed by atoms with van der Waals surface area (Å²) in [6, 6.07) is 1.43. The van der Waals surface area contributed by atoms with Crippen LogP contribution in [0.25, 0.3) is 0 Å². The SMILES string of the molecule is COC1CCN(c2cnn(CC(=O)O)c(=O)c2)CC1. The molecule has 0 unspecified atom stereocenters. The standard InChI is InChI=1S/C12H17N3O4/c1-19-10-2-4-14(5-3-10)9-6-11(16)15(13-7-9)8-12(17)18/h6-7,10H,2-5,8H2,1H3,(H,17,18). The molecule has 1 aliphatic heterocycles. The Morgan fingerprint density at radius 3 is 2.74 bits per heavy atom. The van der Waals surface area contributed by atoms with Crippen molar-refractivity contribution in [2.75, 3.05) is 25.1 Å². The summed E-state index contributed by atoms with van der Waals surface area (Å²) in [6.45, 7) is 1.20. The number of aliphatic carboxylic acids is 1. The molecule has 0 bridgehead atoms. The number of hydrogen-bond acceptors (Lipinski definition) is 5. The normalized spacial score (nSPS) is 16.6. The van der Waals surface area contributed by atoms with Gasteiger partial charge in [0, 0.05) is 26.3 Å². The highest BCUT2D eigenvalue weighted by molar-refractivity contribution is 5.66. The molecule has 1 saturated heterocycles. The third-order valence-electron chi connectivity index (χ3n) is 3.28. The Bertz CT molecular complexity index is 506. The van der Waals surface area contributed by atoms with Crippen molar-refractivity contribution in [3.63, 3.8) is 0 Å². The largest absolute Gasteiger partial charge is 0.480 e. The van der Waals surface area contributed by atoms with Crippen LogP contribution in [0.1, 0.15) is 12.8 Å². The molecule has 7 heteroatoms. The second-order valence-corrected chi connectivity index (χ2v) is 4.53. The molecule has 0 radical (unpaired) electrons. The Morgan fingerprint density at radius 2 is 2.21 bits per heavy atom. The minimum absolute atomic E-state index is 0.275. The maximum Gasteiger partial charge on any atom is 0.325 e. The molecule has 0 aromatic carbocycles. The number of anilines is 1. The molecule has 1 aromatic rings. The van der Waals surface area contributed by atoms with E-state index in [0.29, 0.717) is 0 Å². The van der Waals surface area contributed by atoms with E-state index in [1.54, 1.807) is 7.11 Å². The highest BCUT2D eigenvalue weighted by Crippen LogP contribution is 2.18. The third kappa shape index (κ3) is 3.31. The van der Waals surface area contributed by atoms with E-state index in [1.807, 2.05) is 0 Å². The van der Waals surface area contributed by atoms with E-state index in [1.165, 1.54) is 12.3 Å². The van der Waals surface area contributed by atoms with Crippen molar-refractivity contribution >= 4 is 11.7 Å². The van der Waals surface area contributed by atoms with E-state index in [4.69, 9.17) is 9.84 Å². The van der Waals surface area contributed by atoms with Gasteiger partial charge in [-0.05, 0) is 12.8 Å². The highest BCUT2D eigenvalue weighted by Gasteiger charge is 2.19. The summed E-state index contributed by atoms with van der Waals surface area (Å²) < 4.78 is 6.23. The Morgan fingerprint density at radius 1 is 1.53 bits per heavy atom. The molecular weight excluding hydrogens is 250 g/mol. The van der Waals surface area contributed by atoms with Gasteiger partial charge in [-0.25, -0.2) is 4.68 Å². The van der Waals surface area contributed by atoms with Crippen LogP contribution in [-0.4, -0.2) is 47.2 Å². The average molecular weight is 267 g/mol. The van der Waals surface area contributed by atoms with E-state index >= 15 is 0 Å². The second-order valence-electron chi connectivity index (χ2n) is 4.53. The van der Waals surface area contributed by atoms with Gasteiger partial charge >= 0.3 is 5.97 Å². The molecule has 19 heavy (non-hydrogen) atoms. The number of methoxy groups -OCH3 is 1. The van der Waals surface area contributed by atoms with E-state index < -0.39 is 18.1 Å². The van der Waals surface area contributed by atoms with Gasteiger partial charge in [0.25, 0.3) is 5.56 Å². The van der Waals surface area contributed by atoms with Crippen LogP contribution in [0, 0.1) is 0 Å². The van der Waals surface area contributed by atoms with E-state index in [0.717, 1.165) is 36.3 Å².